The van der Waals surface area contributed by atoms with Crippen LogP contribution in [0.1, 0.15) is 27.2 Å². The highest BCUT2D eigenvalue weighted by molar-refractivity contribution is 5.91. The molecule has 1 aliphatic heterocycles. The zero-order valence-corrected chi connectivity index (χ0v) is 11.9. The van der Waals surface area contributed by atoms with Crippen molar-refractivity contribution in [1.29, 1.82) is 0 Å². The molecule has 1 unspecified atom stereocenters. The predicted molar refractivity (Wildman–Crippen MR) is 69.6 cm³/mol. The third-order valence-corrected chi connectivity index (χ3v) is 4.51. The molecular weight excluding hydrogens is 246 g/mol. The average molecular weight is 269 g/mol. The summed E-state index contributed by atoms with van der Waals surface area (Å²) < 4.78 is 5.39. The molecule has 1 amide bonds. The van der Waals surface area contributed by atoms with Gasteiger partial charge in [0.1, 0.15) is 0 Å². The van der Waals surface area contributed by atoms with E-state index in [0.29, 0.717) is 25.7 Å². The summed E-state index contributed by atoms with van der Waals surface area (Å²) >= 11 is 0. The number of ether oxygens (including phenoxy) is 1. The first kappa shape index (κ1) is 14.3. The van der Waals surface area contributed by atoms with Crippen LogP contribution < -0.4 is 0 Å². The minimum Gasteiger partial charge on any atom is -0.481 e. The smallest absolute Gasteiger partial charge is 0.307 e. The summed E-state index contributed by atoms with van der Waals surface area (Å²) in [6, 6.07) is 0. The van der Waals surface area contributed by atoms with Crippen molar-refractivity contribution in [1.82, 2.24) is 4.90 Å². The van der Waals surface area contributed by atoms with Gasteiger partial charge in [-0.05, 0) is 18.8 Å². The van der Waals surface area contributed by atoms with Gasteiger partial charge in [0.2, 0.25) is 5.91 Å². The van der Waals surface area contributed by atoms with Crippen LogP contribution in [0.5, 0.6) is 0 Å². The molecule has 108 valence electrons. The van der Waals surface area contributed by atoms with Crippen molar-refractivity contribution in [2.24, 2.45) is 23.2 Å². The number of rotatable bonds is 5. The van der Waals surface area contributed by atoms with Gasteiger partial charge in [-0.3, -0.25) is 9.59 Å². The van der Waals surface area contributed by atoms with Crippen molar-refractivity contribution in [3.63, 3.8) is 0 Å². The van der Waals surface area contributed by atoms with Crippen LogP contribution in [0.2, 0.25) is 0 Å². The molecule has 0 aromatic rings. The topological polar surface area (TPSA) is 66.8 Å². The molecule has 1 aliphatic carbocycles. The Morgan fingerprint density at radius 3 is 2.58 bits per heavy atom. The summed E-state index contributed by atoms with van der Waals surface area (Å²) in [6.45, 7) is 8.51. The van der Waals surface area contributed by atoms with Crippen molar-refractivity contribution in [2.75, 3.05) is 26.3 Å². The average Bonchev–Trinajstić information content (AvgIpc) is 2.73. The Labute approximate surface area is 113 Å². The maximum atomic E-state index is 12.4. The van der Waals surface area contributed by atoms with E-state index in [1.807, 2.05) is 25.7 Å². The second-order valence-corrected chi connectivity index (χ2v) is 6.21. The van der Waals surface area contributed by atoms with Crippen LogP contribution in [0.3, 0.4) is 0 Å². The van der Waals surface area contributed by atoms with Crippen molar-refractivity contribution in [3.8, 4) is 0 Å². The van der Waals surface area contributed by atoms with E-state index in [9.17, 15) is 9.59 Å². The van der Waals surface area contributed by atoms with Gasteiger partial charge in [0.15, 0.2) is 0 Å². The summed E-state index contributed by atoms with van der Waals surface area (Å²) in [5.74, 6) is -1.32. The van der Waals surface area contributed by atoms with Gasteiger partial charge >= 0.3 is 5.97 Å². The van der Waals surface area contributed by atoms with E-state index in [-0.39, 0.29) is 11.8 Å². The van der Waals surface area contributed by atoms with Gasteiger partial charge in [0.25, 0.3) is 0 Å². The minimum atomic E-state index is -0.853. The van der Waals surface area contributed by atoms with Crippen LogP contribution in [-0.2, 0) is 14.3 Å². The van der Waals surface area contributed by atoms with E-state index in [1.54, 1.807) is 0 Å². The first-order valence-electron chi connectivity index (χ1n) is 6.99. The summed E-state index contributed by atoms with van der Waals surface area (Å²) in [7, 11) is 0. The third-order valence-electron chi connectivity index (χ3n) is 4.51. The molecular formula is C14H23NO4. The molecule has 19 heavy (non-hydrogen) atoms. The fourth-order valence-corrected chi connectivity index (χ4v) is 3.21. The van der Waals surface area contributed by atoms with E-state index >= 15 is 0 Å². The summed E-state index contributed by atoms with van der Waals surface area (Å²) in [5, 5.41) is 9.13. The number of aliphatic carboxylic acids is 1. The van der Waals surface area contributed by atoms with Crippen molar-refractivity contribution >= 4 is 11.9 Å². The second kappa shape index (κ2) is 5.12. The number of carbonyl (C=O) groups is 2. The number of likely N-dealkylation sites (tertiary alicyclic amines) is 1. The molecule has 0 bridgehead atoms. The first-order valence-corrected chi connectivity index (χ1v) is 6.99. The highest BCUT2D eigenvalue weighted by Crippen LogP contribution is 2.59. The van der Waals surface area contributed by atoms with Crippen molar-refractivity contribution in [3.05, 3.63) is 0 Å². The molecule has 1 N–H and O–H groups in total. The molecule has 2 aliphatic rings. The summed E-state index contributed by atoms with van der Waals surface area (Å²) in [6.07, 6.45) is 0.955. The minimum absolute atomic E-state index is 0.0106. The van der Waals surface area contributed by atoms with Crippen LogP contribution in [0.25, 0.3) is 0 Å². The zero-order chi connectivity index (χ0) is 14.2. The molecule has 3 atom stereocenters. The van der Waals surface area contributed by atoms with E-state index < -0.39 is 17.3 Å². The first-order chi connectivity index (χ1) is 8.89. The lowest BCUT2D eigenvalue weighted by molar-refractivity contribution is -0.141. The highest BCUT2D eigenvalue weighted by Gasteiger charge is 2.66. The number of carboxylic acids is 1. The van der Waals surface area contributed by atoms with Crippen LogP contribution >= 0.6 is 0 Å². The Hall–Kier alpha value is -1.10. The quantitative estimate of drug-likeness (QED) is 0.815. The molecule has 5 heteroatoms. The molecule has 1 saturated heterocycles. The zero-order valence-electron chi connectivity index (χ0n) is 11.9. The Morgan fingerprint density at radius 1 is 1.37 bits per heavy atom. The molecule has 0 radical (unpaired) electrons. The number of carbonyl (C=O) groups excluding carboxylic acids is 1. The Balaban J connectivity index is 1.90. The largest absolute Gasteiger partial charge is 0.481 e. The normalized spacial score (nSPS) is 32.4. The van der Waals surface area contributed by atoms with Crippen molar-refractivity contribution in [2.45, 2.75) is 27.2 Å². The van der Waals surface area contributed by atoms with Gasteiger partial charge in [-0.25, -0.2) is 0 Å². The number of hydrogen-bond acceptors (Lipinski definition) is 3. The third kappa shape index (κ3) is 2.61. The monoisotopic (exact) mass is 269 g/mol. The number of carboxylic acid groups (broad SMARTS) is 1. The van der Waals surface area contributed by atoms with Gasteiger partial charge in [-0.1, -0.05) is 13.8 Å². The lowest BCUT2D eigenvalue weighted by Gasteiger charge is -2.17. The van der Waals surface area contributed by atoms with E-state index in [0.717, 1.165) is 13.0 Å². The Bertz CT molecular complexity index is 380. The number of nitrogens with zero attached hydrogens (tertiary/aromatic N) is 1. The van der Waals surface area contributed by atoms with Crippen LogP contribution in [-0.4, -0.2) is 48.2 Å². The SMILES string of the molecule is CCOCC1CCN(C(=O)[C@@H]2[C@H](C(=O)O)C2(C)C)C1. The second-order valence-electron chi connectivity index (χ2n) is 6.21. The van der Waals surface area contributed by atoms with Crippen LogP contribution in [0, 0.1) is 23.2 Å². The standard InChI is InChI=1S/C14H23NO4/c1-4-19-8-9-5-6-15(7-9)12(16)10-11(13(17)18)14(10,2)3/h9-11H,4-8H2,1-3H3,(H,17,18)/t9?,10-,11+/m0/s1. The number of hydrogen-bond donors (Lipinski definition) is 1. The fourth-order valence-electron chi connectivity index (χ4n) is 3.21. The van der Waals surface area contributed by atoms with Crippen molar-refractivity contribution < 1.29 is 19.4 Å². The van der Waals surface area contributed by atoms with E-state index in [4.69, 9.17) is 9.84 Å². The fraction of sp³-hybridized carbons (Fsp3) is 0.857. The Kier molecular flexibility index (Phi) is 3.85. The van der Waals surface area contributed by atoms with Gasteiger partial charge < -0.3 is 14.7 Å². The molecule has 0 spiro atoms. The molecule has 1 saturated carbocycles. The van der Waals surface area contributed by atoms with Gasteiger partial charge in [0.05, 0.1) is 18.4 Å². The van der Waals surface area contributed by atoms with E-state index in [2.05, 4.69) is 0 Å². The summed E-state index contributed by atoms with van der Waals surface area (Å²) in [4.78, 5) is 25.3. The molecule has 0 aromatic heterocycles. The maximum absolute atomic E-state index is 12.4. The lowest BCUT2D eigenvalue weighted by atomic mass is 10.1. The molecule has 5 nitrogen and oxygen atoms in total. The number of amides is 1. The van der Waals surface area contributed by atoms with Crippen LogP contribution in [0.4, 0.5) is 0 Å². The highest BCUT2D eigenvalue weighted by atomic mass is 16.5. The van der Waals surface area contributed by atoms with Gasteiger partial charge in [-0.2, -0.15) is 0 Å². The van der Waals surface area contributed by atoms with Gasteiger partial charge in [-0.15, -0.1) is 0 Å². The predicted octanol–water partition coefficient (Wildman–Crippen LogP) is 1.23. The molecule has 0 aromatic carbocycles. The van der Waals surface area contributed by atoms with E-state index in [1.165, 1.54) is 0 Å². The summed E-state index contributed by atoms with van der Waals surface area (Å²) in [5.41, 5.74) is -0.402. The molecule has 2 rings (SSSR count). The maximum Gasteiger partial charge on any atom is 0.307 e. The molecule has 2 fully saturated rings. The lowest BCUT2D eigenvalue weighted by Crippen LogP contribution is -2.32. The molecule has 1 heterocycles. The van der Waals surface area contributed by atoms with Gasteiger partial charge in [0, 0.05) is 25.6 Å². The Morgan fingerprint density at radius 2 is 2.05 bits per heavy atom. The van der Waals surface area contributed by atoms with Crippen LogP contribution in [0.15, 0.2) is 0 Å².